The highest BCUT2D eigenvalue weighted by Gasteiger charge is 2.50. The lowest BCUT2D eigenvalue weighted by molar-refractivity contribution is -0.136. The summed E-state index contributed by atoms with van der Waals surface area (Å²) in [7, 11) is 0. The molecule has 1 aliphatic heterocycles. The van der Waals surface area contributed by atoms with Crippen molar-refractivity contribution in [2.24, 2.45) is 0 Å². The van der Waals surface area contributed by atoms with Crippen molar-refractivity contribution < 1.29 is 19.1 Å². The number of aliphatic hydroxyl groups is 1. The molecule has 1 N–H and O–H groups in total. The molecule has 0 fully saturated rings. The average Bonchev–Trinajstić information content (AvgIpc) is 2.98. The van der Waals surface area contributed by atoms with Crippen LogP contribution in [0.15, 0.2) is 72.8 Å². The number of nitrogens with zero attached hydrogens (tertiary/aromatic N) is 1. The largest absolute Gasteiger partial charge is 0.375 e. The van der Waals surface area contributed by atoms with Crippen LogP contribution in [0, 0.1) is 5.82 Å². The molecular formula is C26H24FNO3. The van der Waals surface area contributed by atoms with Crippen LogP contribution in [0.3, 0.4) is 0 Å². The second-order valence-electron chi connectivity index (χ2n) is 7.94. The quantitative estimate of drug-likeness (QED) is 0.563. The molecule has 0 aromatic heterocycles. The zero-order valence-corrected chi connectivity index (χ0v) is 17.3. The Hall–Kier alpha value is -3.31. The molecule has 1 unspecified atom stereocenters. The van der Waals surface area contributed by atoms with Crippen molar-refractivity contribution in [1.29, 1.82) is 0 Å². The highest BCUT2D eigenvalue weighted by Crippen LogP contribution is 2.43. The van der Waals surface area contributed by atoms with Crippen molar-refractivity contribution in [1.82, 2.24) is 0 Å². The van der Waals surface area contributed by atoms with E-state index in [0.29, 0.717) is 16.8 Å². The lowest BCUT2D eigenvalue weighted by Crippen LogP contribution is -2.41. The monoisotopic (exact) mass is 417 g/mol. The minimum absolute atomic E-state index is 0.179. The normalized spacial score (nSPS) is 17.6. The average molecular weight is 417 g/mol. The Kier molecular flexibility index (Phi) is 5.70. The summed E-state index contributed by atoms with van der Waals surface area (Å²) in [6.07, 6.45) is 1.61. The SMILES string of the molecule is CCCc1ccc(C(=O)CC2(O)C(=O)N(Cc3ccc(F)cc3)c3ccccc32)cc1. The van der Waals surface area contributed by atoms with Gasteiger partial charge in [0.2, 0.25) is 0 Å². The minimum atomic E-state index is -1.93. The van der Waals surface area contributed by atoms with E-state index in [-0.39, 0.29) is 24.6 Å². The van der Waals surface area contributed by atoms with Crippen LogP contribution >= 0.6 is 0 Å². The van der Waals surface area contributed by atoms with Gasteiger partial charge in [0, 0.05) is 11.1 Å². The topological polar surface area (TPSA) is 57.6 Å². The van der Waals surface area contributed by atoms with Gasteiger partial charge in [-0.15, -0.1) is 0 Å². The highest BCUT2D eigenvalue weighted by molar-refractivity contribution is 6.10. The third kappa shape index (κ3) is 4.01. The van der Waals surface area contributed by atoms with Crippen molar-refractivity contribution >= 4 is 17.4 Å². The zero-order valence-electron chi connectivity index (χ0n) is 17.3. The molecule has 5 heteroatoms. The summed E-state index contributed by atoms with van der Waals surface area (Å²) in [6.45, 7) is 2.27. The summed E-state index contributed by atoms with van der Waals surface area (Å²) >= 11 is 0. The Morgan fingerprint density at radius 1 is 0.968 bits per heavy atom. The van der Waals surface area contributed by atoms with Crippen LogP contribution in [-0.2, 0) is 23.4 Å². The fraction of sp³-hybridized carbons (Fsp3) is 0.231. The molecule has 31 heavy (non-hydrogen) atoms. The summed E-state index contributed by atoms with van der Waals surface area (Å²) in [4.78, 5) is 27.7. The number of carbonyl (C=O) groups is 2. The van der Waals surface area contributed by atoms with Crippen molar-refractivity contribution in [3.63, 3.8) is 0 Å². The number of Topliss-reactive ketones (excluding diaryl/α,β-unsaturated/α-hetero) is 1. The molecule has 0 saturated carbocycles. The van der Waals surface area contributed by atoms with Crippen LogP contribution in [0.2, 0.25) is 0 Å². The van der Waals surface area contributed by atoms with Crippen molar-refractivity contribution in [2.75, 3.05) is 4.90 Å². The van der Waals surface area contributed by atoms with Gasteiger partial charge in [0.05, 0.1) is 18.7 Å². The molecule has 4 rings (SSSR count). The van der Waals surface area contributed by atoms with Crippen LogP contribution in [0.1, 0.15) is 46.8 Å². The first-order valence-corrected chi connectivity index (χ1v) is 10.4. The van der Waals surface area contributed by atoms with E-state index in [2.05, 4.69) is 6.92 Å². The Balaban J connectivity index is 1.61. The van der Waals surface area contributed by atoms with Gasteiger partial charge in [-0.3, -0.25) is 9.59 Å². The third-order valence-corrected chi connectivity index (χ3v) is 5.72. The van der Waals surface area contributed by atoms with Gasteiger partial charge in [-0.05, 0) is 35.7 Å². The first-order valence-electron chi connectivity index (χ1n) is 10.4. The number of anilines is 1. The lowest BCUT2D eigenvalue weighted by atomic mass is 9.88. The maximum Gasteiger partial charge on any atom is 0.264 e. The van der Waals surface area contributed by atoms with Crippen LogP contribution in [0.25, 0.3) is 0 Å². The Morgan fingerprint density at radius 2 is 1.61 bits per heavy atom. The van der Waals surface area contributed by atoms with Gasteiger partial charge in [-0.2, -0.15) is 0 Å². The number of rotatable bonds is 7. The molecule has 1 amide bonds. The molecule has 0 aliphatic carbocycles. The van der Waals surface area contributed by atoms with Crippen LogP contribution in [0.4, 0.5) is 10.1 Å². The fourth-order valence-corrected chi connectivity index (χ4v) is 4.09. The van der Waals surface area contributed by atoms with Crippen molar-refractivity contribution in [3.8, 4) is 0 Å². The molecule has 3 aromatic rings. The number of ketones is 1. The first kappa shape index (κ1) is 20.9. The van der Waals surface area contributed by atoms with E-state index < -0.39 is 11.5 Å². The summed E-state index contributed by atoms with van der Waals surface area (Å²) in [5, 5.41) is 11.4. The molecular weight excluding hydrogens is 393 g/mol. The van der Waals surface area contributed by atoms with Crippen molar-refractivity contribution in [2.45, 2.75) is 38.3 Å². The smallest absolute Gasteiger partial charge is 0.264 e. The second-order valence-corrected chi connectivity index (χ2v) is 7.94. The molecule has 158 valence electrons. The molecule has 1 heterocycles. The van der Waals surface area contributed by atoms with E-state index in [1.165, 1.54) is 17.0 Å². The second kappa shape index (κ2) is 8.44. The van der Waals surface area contributed by atoms with Gasteiger partial charge in [0.15, 0.2) is 11.4 Å². The molecule has 3 aromatic carbocycles. The number of hydrogen-bond acceptors (Lipinski definition) is 3. The van der Waals surface area contributed by atoms with Crippen LogP contribution < -0.4 is 4.90 Å². The highest BCUT2D eigenvalue weighted by atomic mass is 19.1. The summed E-state index contributed by atoms with van der Waals surface area (Å²) in [5.74, 6) is -1.20. The molecule has 0 bridgehead atoms. The summed E-state index contributed by atoms with van der Waals surface area (Å²) in [5.41, 5.74) is 1.38. The number of para-hydroxylation sites is 1. The number of carbonyl (C=O) groups excluding carboxylic acids is 2. The fourth-order valence-electron chi connectivity index (χ4n) is 4.09. The standard InChI is InChI=1S/C26H24FNO3/c1-2-5-18-8-12-20(13-9-18)24(29)16-26(31)22-6-3-4-7-23(22)28(25(26)30)17-19-10-14-21(27)15-11-19/h3-4,6-15,31H,2,5,16-17H2,1H3. The number of halogens is 1. The van der Waals surface area contributed by atoms with E-state index in [1.807, 2.05) is 12.1 Å². The lowest BCUT2D eigenvalue weighted by Gasteiger charge is -2.23. The molecule has 4 nitrogen and oxygen atoms in total. The Morgan fingerprint density at radius 3 is 2.29 bits per heavy atom. The van der Waals surface area contributed by atoms with Gasteiger partial charge < -0.3 is 10.0 Å². The van der Waals surface area contributed by atoms with Crippen molar-refractivity contribution in [3.05, 3.63) is 101 Å². The van der Waals surface area contributed by atoms with Gasteiger partial charge >= 0.3 is 0 Å². The van der Waals surface area contributed by atoms with Gasteiger partial charge in [0.25, 0.3) is 5.91 Å². The predicted octanol–water partition coefficient (Wildman–Crippen LogP) is 4.79. The summed E-state index contributed by atoms with van der Waals surface area (Å²) < 4.78 is 13.3. The molecule has 0 saturated heterocycles. The van der Waals surface area contributed by atoms with Gasteiger partial charge in [-0.1, -0.05) is 67.9 Å². The minimum Gasteiger partial charge on any atom is -0.375 e. The number of amides is 1. The molecule has 1 atom stereocenters. The number of fused-ring (bicyclic) bond motifs is 1. The molecule has 1 aliphatic rings. The van der Waals surface area contributed by atoms with E-state index >= 15 is 0 Å². The number of benzene rings is 3. The van der Waals surface area contributed by atoms with Crippen LogP contribution in [-0.4, -0.2) is 16.8 Å². The maximum atomic E-state index is 13.3. The van der Waals surface area contributed by atoms with E-state index in [9.17, 15) is 19.1 Å². The number of aryl methyl sites for hydroxylation is 1. The molecule has 0 radical (unpaired) electrons. The Bertz CT molecular complexity index is 1110. The van der Waals surface area contributed by atoms with Gasteiger partial charge in [0.1, 0.15) is 5.82 Å². The Labute approximate surface area is 181 Å². The van der Waals surface area contributed by atoms with E-state index in [0.717, 1.165) is 24.0 Å². The maximum absolute atomic E-state index is 13.3. The van der Waals surface area contributed by atoms with Gasteiger partial charge in [-0.25, -0.2) is 4.39 Å². The predicted molar refractivity (Wildman–Crippen MR) is 117 cm³/mol. The van der Waals surface area contributed by atoms with E-state index in [1.54, 1.807) is 48.5 Å². The zero-order chi connectivity index (χ0) is 22.0. The van der Waals surface area contributed by atoms with Crippen LogP contribution in [0.5, 0.6) is 0 Å². The first-order chi connectivity index (χ1) is 14.9. The third-order valence-electron chi connectivity index (χ3n) is 5.72. The van der Waals surface area contributed by atoms with E-state index in [4.69, 9.17) is 0 Å². The number of hydrogen-bond donors (Lipinski definition) is 1. The summed E-state index contributed by atoms with van der Waals surface area (Å²) in [6, 6.07) is 20.1. The molecule has 0 spiro atoms.